The smallest absolute Gasteiger partial charge is 0.253 e. The lowest BCUT2D eigenvalue weighted by molar-refractivity contribution is -0.127. The average molecular weight is 263 g/mol. The van der Waals surface area contributed by atoms with Gasteiger partial charge in [-0.05, 0) is 32.1 Å². The first-order chi connectivity index (χ1) is 9.25. The number of hydrogen-bond acceptors (Lipinski definition) is 1. The third kappa shape index (κ3) is 6.60. The molecule has 0 aromatic carbocycles. The first kappa shape index (κ1) is 16.0. The van der Waals surface area contributed by atoms with Crippen molar-refractivity contribution in [3.05, 3.63) is 24.3 Å². The minimum Gasteiger partial charge on any atom is -0.339 e. The average Bonchev–Trinajstić information content (AvgIpc) is 2.46. The largest absolute Gasteiger partial charge is 0.339 e. The molecule has 1 heterocycles. The molecule has 0 aromatic rings. The third-order valence-electron chi connectivity index (χ3n) is 3.71. The molecule has 1 aliphatic rings. The summed E-state index contributed by atoms with van der Waals surface area (Å²) in [6, 6.07) is 0. The highest BCUT2D eigenvalue weighted by Crippen LogP contribution is 2.12. The quantitative estimate of drug-likeness (QED) is 0.359. The highest BCUT2D eigenvalue weighted by atomic mass is 16.2. The van der Waals surface area contributed by atoms with Crippen LogP contribution in [0.15, 0.2) is 24.3 Å². The molecule has 1 rings (SSSR count). The summed E-state index contributed by atoms with van der Waals surface area (Å²) in [7, 11) is 0. The molecule has 0 N–H and O–H groups in total. The van der Waals surface area contributed by atoms with E-state index >= 15 is 0 Å². The summed E-state index contributed by atoms with van der Waals surface area (Å²) in [6.07, 6.45) is 15.1. The number of likely N-dealkylation sites (tertiary alicyclic amines) is 1. The molecule has 1 saturated heterocycles. The van der Waals surface area contributed by atoms with Crippen molar-refractivity contribution in [2.45, 2.75) is 64.7 Å². The molecule has 1 aliphatic heterocycles. The molecule has 0 bridgehead atoms. The predicted octanol–water partition coefficient (Wildman–Crippen LogP) is 4.47. The van der Waals surface area contributed by atoms with Gasteiger partial charge in [-0.1, -0.05) is 51.3 Å². The number of allylic oxidation sites excluding steroid dienone is 1. The molecule has 2 heteroatoms. The Morgan fingerprint density at radius 2 is 1.79 bits per heavy atom. The number of hydrogen-bond donors (Lipinski definition) is 0. The number of nitrogens with zero attached hydrogens (tertiary/aromatic N) is 1. The second-order valence-corrected chi connectivity index (χ2v) is 5.48. The highest BCUT2D eigenvalue weighted by Gasteiger charge is 2.17. The van der Waals surface area contributed by atoms with E-state index in [1.54, 1.807) is 0 Å². The monoisotopic (exact) mass is 263 g/mol. The van der Waals surface area contributed by atoms with E-state index in [-0.39, 0.29) is 5.91 Å². The maximum Gasteiger partial charge on any atom is 0.253 e. The van der Waals surface area contributed by atoms with E-state index in [2.05, 4.69) is 19.6 Å². The Balaban J connectivity index is 2.16. The maximum absolute atomic E-state index is 12.1. The predicted molar refractivity (Wildman–Crippen MR) is 82.1 cm³/mol. The standard InChI is InChI=1S/C17H29NO/c1-3-4-5-6-7-8-10-13-16(2)17(19)18-14-11-9-12-15-18/h10,13H,2-9,11-12,14-15H2,1H3/b13-10+. The van der Waals surface area contributed by atoms with Gasteiger partial charge in [-0.2, -0.15) is 0 Å². The van der Waals surface area contributed by atoms with E-state index in [0.717, 1.165) is 32.4 Å². The fourth-order valence-corrected chi connectivity index (χ4v) is 2.46. The first-order valence-corrected chi connectivity index (χ1v) is 7.90. The first-order valence-electron chi connectivity index (χ1n) is 7.90. The van der Waals surface area contributed by atoms with E-state index in [1.807, 2.05) is 11.0 Å². The van der Waals surface area contributed by atoms with Crippen molar-refractivity contribution in [1.82, 2.24) is 4.90 Å². The second kappa shape index (κ2) is 9.82. The Hall–Kier alpha value is -1.05. The zero-order valence-corrected chi connectivity index (χ0v) is 12.5. The summed E-state index contributed by atoms with van der Waals surface area (Å²) >= 11 is 0. The van der Waals surface area contributed by atoms with E-state index in [1.165, 1.54) is 38.5 Å². The Bertz CT molecular complexity index is 300. The summed E-state index contributed by atoms with van der Waals surface area (Å²) in [6.45, 7) is 7.94. The van der Waals surface area contributed by atoms with Gasteiger partial charge in [0, 0.05) is 18.7 Å². The van der Waals surface area contributed by atoms with Crippen molar-refractivity contribution in [2.75, 3.05) is 13.1 Å². The van der Waals surface area contributed by atoms with Crippen LogP contribution in [-0.2, 0) is 4.79 Å². The van der Waals surface area contributed by atoms with Crippen molar-refractivity contribution < 1.29 is 4.79 Å². The van der Waals surface area contributed by atoms with E-state index in [4.69, 9.17) is 0 Å². The zero-order chi connectivity index (χ0) is 13.9. The van der Waals surface area contributed by atoms with Crippen LogP contribution < -0.4 is 0 Å². The SMILES string of the molecule is C=C(/C=C/CCCCCCC)C(=O)N1CCCCC1. The molecule has 0 aromatic heterocycles. The van der Waals surface area contributed by atoms with Gasteiger partial charge in [0.15, 0.2) is 0 Å². The van der Waals surface area contributed by atoms with Gasteiger partial charge in [-0.25, -0.2) is 0 Å². The fraction of sp³-hybridized carbons (Fsp3) is 0.706. The molecule has 0 spiro atoms. The minimum absolute atomic E-state index is 0.127. The maximum atomic E-state index is 12.1. The molecule has 0 saturated carbocycles. The Morgan fingerprint density at radius 1 is 1.11 bits per heavy atom. The number of carbonyl (C=O) groups excluding carboxylic acids is 1. The Morgan fingerprint density at radius 3 is 2.47 bits per heavy atom. The lowest BCUT2D eigenvalue weighted by Gasteiger charge is -2.26. The van der Waals surface area contributed by atoms with Gasteiger partial charge < -0.3 is 4.90 Å². The van der Waals surface area contributed by atoms with Crippen molar-refractivity contribution in [1.29, 1.82) is 0 Å². The van der Waals surface area contributed by atoms with Crippen molar-refractivity contribution in [3.8, 4) is 0 Å². The van der Waals surface area contributed by atoms with E-state index in [9.17, 15) is 4.79 Å². The normalized spacial score (nSPS) is 15.9. The Labute approximate surface area is 118 Å². The molecule has 0 atom stereocenters. The molecular weight excluding hydrogens is 234 g/mol. The number of amides is 1. The lowest BCUT2D eigenvalue weighted by atomic mass is 10.1. The molecule has 1 fully saturated rings. The van der Waals surface area contributed by atoms with Crippen LogP contribution in [0.2, 0.25) is 0 Å². The zero-order valence-electron chi connectivity index (χ0n) is 12.5. The molecule has 1 amide bonds. The van der Waals surface area contributed by atoms with Gasteiger partial charge in [-0.15, -0.1) is 0 Å². The van der Waals surface area contributed by atoms with Gasteiger partial charge in [-0.3, -0.25) is 4.79 Å². The molecule has 108 valence electrons. The Kier molecular flexibility index (Phi) is 8.28. The van der Waals surface area contributed by atoms with Crippen LogP contribution in [0.1, 0.15) is 64.7 Å². The van der Waals surface area contributed by atoms with E-state index < -0.39 is 0 Å². The number of piperidine rings is 1. The minimum atomic E-state index is 0.127. The van der Waals surface area contributed by atoms with Crippen LogP contribution in [0.5, 0.6) is 0 Å². The van der Waals surface area contributed by atoms with Crippen LogP contribution in [-0.4, -0.2) is 23.9 Å². The molecule has 19 heavy (non-hydrogen) atoms. The van der Waals surface area contributed by atoms with Crippen LogP contribution in [0.4, 0.5) is 0 Å². The number of unbranched alkanes of at least 4 members (excludes halogenated alkanes) is 5. The van der Waals surface area contributed by atoms with Gasteiger partial charge >= 0.3 is 0 Å². The van der Waals surface area contributed by atoms with Gasteiger partial charge in [0.2, 0.25) is 0 Å². The highest BCUT2D eigenvalue weighted by molar-refractivity contribution is 5.95. The van der Waals surface area contributed by atoms with Crippen molar-refractivity contribution >= 4 is 5.91 Å². The van der Waals surface area contributed by atoms with Crippen LogP contribution in [0.3, 0.4) is 0 Å². The summed E-state index contributed by atoms with van der Waals surface area (Å²) in [4.78, 5) is 14.0. The lowest BCUT2D eigenvalue weighted by Crippen LogP contribution is -2.36. The molecule has 0 radical (unpaired) electrons. The number of rotatable bonds is 8. The van der Waals surface area contributed by atoms with Gasteiger partial charge in [0.25, 0.3) is 5.91 Å². The summed E-state index contributed by atoms with van der Waals surface area (Å²) in [5.74, 6) is 0.127. The van der Waals surface area contributed by atoms with Crippen LogP contribution >= 0.6 is 0 Å². The molecule has 0 unspecified atom stereocenters. The number of carbonyl (C=O) groups is 1. The molecular formula is C17H29NO. The van der Waals surface area contributed by atoms with Gasteiger partial charge in [0.1, 0.15) is 0 Å². The van der Waals surface area contributed by atoms with Crippen LogP contribution in [0.25, 0.3) is 0 Å². The molecule has 2 nitrogen and oxygen atoms in total. The second-order valence-electron chi connectivity index (χ2n) is 5.48. The molecule has 0 aliphatic carbocycles. The van der Waals surface area contributed by atoms with Crippen molar-refractivity contribution in [3.63, 3.8) is 0 Å². The summed E-state index contributed by atoms with van der Waals surface area (Å²) < 4.78 is 0. The van der Waals surface area contributed by atoms with E-state index in [0.29, 0.717) is 5.57 Å². The van der Waals surface area contributed by atoms with Gasteiger partial charge in [0.05, 0.1) is 0 Å². The van der Waals surface area contributed by atoms with Crippen molar-refractivity contribution in [2.24, 2.45) is 0 Å². The summed E-state index contributed by atoms with van der Waals surface area (Å²) in [5.41, 5.74) is 0.649. The topological polar surface area (TPSA) is 20.3 Å². The summed E-state index contributed by atoms with van der Waals surface area (Å²) in [5, 5.41) is 0. The van der Waals surface area contributed by atoms with Crippen LogP contribution in [0, 0.1) is 0 Å². The fourth-order valence-electron chi connectivity index (χ4n) is 2.46. The third-order valence-corrected chi connectivity index (χ3v) is 3.71.